The molecule has 0 bridgehead atoms. The van der Waals surface area contributed by atoms with E-state index >= 15 is 0 Å². The highest BCUT2D eigenvalue weighted by molar-refractivity contribution is 5.34. The van der Waals surface area contributed by atoms with Crippen molar-refractivity contribution in [2.24, 2.45) is 0 Å². The van der Waals surface area contributed by atoms with Gasteiger partial charge in [0.05, 0.1) is 19.8 Å². The lowest BCUT2D eigenvalue weighted by Gasteiger charge is -2.32. The number of methoxy groups -OCH3 is 2. The zero-order valence-electron chi connectivity index (χ0n) is 12.6. The molecule has 1 rings (SSSR count). The molecule has 0 aliphatic rings. The van der Waals surface area contributed by atoms with Crippen LogP contribution in [0.4, 0.5) is 0 Å². The molecule has 5 nitrogen and oxygen atoms in total. The summed E-state index contributed by atoms with van der Waals surface area (Å²) in [6.07, 6.45) is 4.70. The average Bonchev–Trinajstić information content (AvgIpc) is 2.48. The summed E-state index contributed by atoms with van der Waals surface area (Å²) in [5.74, 6) is 1.13. The molecule has 19 heavy (non-hydrogen) atoms. The summed E-state index contributed by atoms with van der Waals surface area (Å²) in [5.41, 5.74) is 1.01. The highest BCUT2D eigenvalue weighted by Crippen LogP contribution is 2.26. The van der Waals surface area contributed by atoms with E-state index in [2.05, 4.69) is 36.1 Å². The fraction of sp³-hybridized carbons (Fsp3) is 0.714. The van der Waals surface area contributed by atoms with Crippen molar-refractivity contribution in [2.75, 3.05) is 14.2 Å². The lowest BCUT2D eigenvalue weighted by molar-refractivity contribution is 0.280. The summed E-state index contributed by atoms with van der Waals surface area (Å²) in [5, 5.41) is 3.61. The number of rotatable bonds is 8. The van der Waals surface area contributed by atoms with Crippen LogP contribution in [0.2, 0.25) is 0 Å². The van der Waals surface area contributed by atoms with Crippen LogP contribution in [-0.4, -0.2) is 29.7 Å². The molecule has 0 fully saturated rings. The predicted octanol–water partition coefficient (Wildman–Crippen LogP) is 2.55. The molecule has 5 heteroatoms. The molecule has 1 aromatic rings. The lowest BCUT2D eigenvalue weighted by atomic mass is 9.89. The molecule has 1 heterocycles. The topological polar surface area (TPSA) is 56.3 Å². The summed E-state index contributed by atoms with van der Waals surface area (Å²) in [6, 6.07) is 0. The van der Waals surface area contributed by atoms with Gasteiger partial charge in [-0.25, -0.2) is 9.97 Å². The van der Waals surface area contributed by atoms with Crippen LogP contribution in [0.5, 0.6) is 11.8 Å². The Kier molecular flexibility index (Phi) is 6.02. The first-order valence-corrected chi connectivity index (χ1v) is 6.83. The van der Waals surface area contributed by atoms with Crippen molar-refractivity contribution in [1.82, 2.24) is 15.3 Å². The second-order valence-corrected chi connectivity index (χ2v) is 4.57. The Morgan fingerprint density at radius 1 is 1.00 bits per heavy atom. The largest absolute Gasteiger partial charge is 0.481 e. The van der Waals surface area contributed by atoms with Gasteiger partial charge in [-0.2, -0.15) is 0 Å². The standard InChI is InChI=1S/C14H25N3O2/c1-6-14(7-2,8-3)17-9-11-12(18-4)15-10-16-13(11)19-5/h10,17H,6-9H2,1-5H3. The third kappa shape index (κ3) is 3.56. The van der Waals surface area contributed by atoms with E-state index in [0.29, 0.717) is 18.3 Å². The zero-order chi connectivity index (χ0) is 14.3. The fourth-order valence-electron chi connectivity index (χ4n) is 2.28. The number of hydrogen-bond acceptors (Lipinski definition) is 5. The van der Waals surface area contributed by atoms with Crippen LogP contribution < -0.4 is 14.8 Å². The summed E-state index contributed by atoms with van der Waals surface area (Å²) in [6.45, 7) is 7.25. The molecule has 0 saturated heterocycles. The van der Waals surface area contributed by atoms with Gasteiger partial charge >= 0.3 is 0 Å². The summed E-state index contributed by atoms with van der Waals surface area (Å²) >= 11 is 0. The highest BCUT2D eigenvalue weighted by Gasteiger charge is 2.24. The first-order valence-electron chi connectivity index (χ1n) is 6.83. The number of hydrogen-bond donors (Lipinski definition) is 1. The van der Waals surface area contributed by atoms with E-state index in [9.17, 15) is 0 Å². The summed E-state index contributed by atoms with van der Waals surface area (Å²) in [7, 11) is 3.22. The molecule has 0 spiro atoms. The van der Waals surface area contributed by atoms with Crippen molar-refractivity contribution >= 4 is 0 Å². The van der Waals surface area contributed by atoms with E-state index in [1.807, 2.05) is 0 Å². The Morgan fingerprint density at radius 3 is 1.84 bits per heavy atom. The maximum Gasteiger partial charge on any atom is 0.224 e. The SMILES string of the molecule is CCC(CC)(CC)NCc1c(OC)ncnc1OC. The van der Waals surface area contributed by atoms with Gasteiger partial charge in [0.25, 0.3) is 0 Å². The van der Waals surface area contributed by atoms with E-state index in [-0.39, 0.29) is 5.54 Å². The second-order valence-electron chi connectivity index (χ2n) is 4.57. The van der Waals surface area contributed by atoms with Crippen molar-refractivity contribution in [3.8, 4) is 11.8 Å². The van der Waals surface area contributed by atoms with Crippen LogP contribution in [-0.2, 0) is 6.54 Å². The van der Waals surface area contributed by atoms with Gasteiger partial charge in [-0.15, -0.1) is 0 Å². The normalized spacial score (nSPS) is 11.4. The van der Waals surface area contributed by atoms with E-state index < -0.39 is 0 Å². The van der Waals surface area contributed by atoms with Crippen LogP contribution in [0.15, 0.2) is 6.33 Å². The summed E-state index contributed by atoms with van der Waals surface area (Å²) in [4.78, 5) is 8.26. The molecule has 1 aromatic heterocycles. The Bertz CT molecular complexity index is 362. The minimum absolute atomic E-state index is 0.145. The van der Waals surface area contributed by atoms with Crippen LogP contribution in [0.3, 0.4) is 0 Å². The molecule has 108 valence electrons. The maximum absolute atomic E-state index is 5.28. The third-order valence-electron chi connectivity index (χ3n) is 3.92. The monoisotopic (exact) mass is 267 g/mol. The maximum atomic E-state index is 5.28. The van der Waals surface area contributed by atoms with E-state index in [1.165, 1.54) is 6.33 Å². The molecule has 0 unspecified atom stereocenters. The fourth-order valence-corrected chi connectivity index (χ4v) is 2.28. The lowest BCUT2D eigenvalue weighted by Crippen LogP contribution is -2.43. The van der Waals surface area contributed by atoms with Gasteiger partial charge in [0.15, 0.2) is 0 Å². The minimum Gasteiger partial charge on any atom is -0.481 e. The molecule has 0 aliphatic heterocycles. The third-order valence-corrected chi connectivity index (χ3v) is 3.92. The van der Waals surface area contributed by atoms with E-state index in [4.69, 9.17) is 9.47 Å². The van der Waals surface area contributed by atoms with Crippen LogP contribution in [0.1, 0.15) is 45.6 Å². The second kappa shape index (κ2) is 7.28. The summed E-state index contributed by atoms with van der Waals surface area (Å²) < 4.78 is 10.6. The molecule has 0 saturated carbocycles. The molecule has 0 aromatic carbocycles. The van der Waals surface area contributed by atoms with Gasteiger partial charge in [-0.05, 0) is 19.3 Å². The van der Waals surface area contributed by atoms with E-state index in [1.54, 1.807) is 14.2 Å². The Morgan fingerprint density at radius 2 is 1.47 bits per heavy atom. The van der Waals surface area contributed by atoms with Crippen molar-refractivity contribution in [2.45, 2.75) is 52.1 Å². The molecular weight excluding hydrogens is 242 g/mol. The van der Waals surface area contributed by atoms with E-state index in [0.717, 1.165) is 24.8 Å². The van der Waals surface area contributed by atoms with Crippen LogP contribution in [0, 0.1) is 0 Å². The molecule has 0 radical (unpaired) electrons. The average molecular weight is 267 g/mol. The number of aromatic nitrogens is 2. The number of nitrogens with zero attached hydrogens (tertiary/aromatic N) is 2. The molecule has 1 N–H and O–H groups in total. The van der Waals surface area contributed by atoms with Crippen LogP contribution >= 0.6 is 0 Å². The van der Waals surface area contributed by atoms with Crippen molar-refractivity contribution in [3.05, 3.63) is 11.9 Å². The molecular formula is C14H25N3O2. The van der Waals surface area contributed by atoms with Crippen LogP contribution in [0.25, 0.3) is 0 Å². The first-order chi connectivity index (χ1) is 9.16. The first kappa shape index (κ1) is 15.7. The molecule has 0 atom stereocenters. The van der Waals surface area contributed by atoms with Gasteiger partial charge < -0.3 is 14.8 Å². The quantitative estimate of drug-likeness (QED) is 0.784. The smallest absolute Gasteiger partial charge is 0.224 e. The van der Waals surface area contributed by atoms with Gasteiger partial charge in [0, 0.05) is 12.1 Å². The molecule has 0 amide bonds. The van der Waals surface area contributed by atoms with Gasteiger partial charge in [-0.3, -0.25) is 0 Å². The highest BCUT2D eigenvalue weighted by atomic mass is 16.5. The van der Waals surface area contributed by atoms with Gasteiger partial charge in [0.1, 0.15) is 6.33 Å². The molecule has 0 aliphatic carbocycles. The predicted molar refractivity (Wildman–Crippen MR) is 75.6 cm³/mol. The van der Waals surface area contributed by atoms with Crippen molar-refractivity contribution in [3.63, 3.8) is 0 Å². The number of ether oxygens (including phenoxy) is 2. The zero-order valence-corrected chi connectivity index (χ0v) is 12.6. The number of nitrogens with one attached hydrogen (secondary N) is 1. The van der Waals surface area contributed by atoms with Crippen molar-refractivity contribution < 1.29 is 9.47 Å². The minimum atomic E-state index is 0.145. The Hall–Kier alpha value is -1.36. The Balaban J connectivity index is 2.92. The van der Waals surface area contributed by atoms with Crippen molar-refractivity contribution in [1.29, 1.82) is 0 Å². The van der Waals surface area contributed by atoms with Gasteiger partial charge in [0.2, 0.25) is 11.8 Å². The van der Waals surface area contributed by atoms with Gasteiger partial charge in [-0.1, -0.05) is 20.8 Å². The Labute approximate surface area is 115 Å².